The quantitative estimate of drug-likeness (QED) is 0.812. The Hall–Kier alpha value is -0.670. The predicted molar refractivity (Wildman–Crippen MR) is 70.8 cm³/mol. The van der Waals surface area contributed by atoms with Crippen LogP contribution in [-0.2, 0) is 0 Å². The van der Waals surface area contributed by atoms with Crippen LogP contribution in [0.4, 0.5) is 4.39 Å². The summed E-state index contributed by atoms with van der Waals surface area (Å²) >= 11 is 3.22. The molecule has 0 aliphatic heterocycles. The molecule has 1 N–H and O–H groups in total. The first kappa shape index (κ1) is 15.3. The maximum atomic E-state index is 13.2. The summed E-state index contributed by atoms with van der Waals surface area (Å²) in [6.07, 6.45) is 4.20. The fraction of sp³-hybridized carbons (Fsp3) is 0.385. The second kappa shape index (κ2) is 8.48. The van der Waals surface area contributed by atoms with Gasteiger partial charge in [0.15, 0.2) is 0 Å². The molecule has 90 valence electrons. The van der Waals surface area contributed by atoms with E-state index >= 15 is 0 Å². The smallest absolute Gasteiger partial charge is 0.131 e. The fourth-order valence-electron chi connectivity index (χ4n) is 1.05. The molecular weight excluding hydrogens is 271 g/mol. The first-order chi connectivity index (χ1) is 7.75. The van der Waals surface area contributed by atoms with Crippen LogP contribution in [0.5, 0.6) is 0 Å². The summed E-state index contributed by atoms with van der Waals surface area (Å²) in [5.41, 5.74) is 2.04. The molecule has 0 spiro atoms. The van der Waals surface area contributed by atoms with E-state index in [1.165, 1.54) is 11.6 Å². The average molecular weight is 289 g/mol. The summed E-state index contributed by atoms with van der Waals surface area (Å²) in [5, 5.41) is 7.00. The molecule has 1 aromatic carbocycles. The predicted octanol–water partition coefficient (Wildman–Crippen LogP) is 4.40. The van der Waals surface area contributed by atoms with Crippen molar-refractivity contribution in [3.63, 3.8) is 0 Å². The Morgan fingerprint density at radius 1 is 1.25 bits per heavy atom. The van der Waals surface area contributed by atoms with Gasteiger partial charge in [-0.1, -0.05) is 47.5 Å². The van der Waals surface area contributed by atoms with Crippen LogP contribution in [0.2, 0.25) is 0 Å². The van der Waals surface area contributed by atoms with Gasteiger partial charge in [0.2, 0.25) is 0 Å². The van der Waals surface area contributed by atoms with E-state index in [1.54, 1.807) is 6.07 Å². The van der Waals surface area contributed by atoms with Gasteiger partial charge in [-0.25, -0.2) is 4.39 Å². The zero-order valence-corrected chi connectivity index (χ0v) is 11.5. The molecule has 0 heterocycles. The van der Waals surface area contributed by atoms with Crippen molar-refractivity contribution in [3.05, 3.63) is 39.6 Å². The lowest BCUT2D eigenvalue weighted by Gasteiger charge is -1.96. The molecule has 1 aliphatic rings. The fourth-order valence-corrected chi connectivity index (χ4v) is 1.39. The van der Waals surface area contributed by atoms with E-state index < -0.39 is 0 Å². The van der Waals surface area contributed by atoms with Crippen LogP contribution in [0.3, 0.4) is 0 Å². The number of rotatable bonds is 1. The third-order valence-electron chi connectivity index (χ3n) is 1.86. The van der Waals surface area contributed by atoms with Gasteiger partial charge >= 0.3 is 0 Å². The molecule has 2 rings (SSSR count). The lowest BCUT2D eigenvalue weighted by Crippen LogP contribution is -1.80. The Kier molecular flexibility index (Phi) is 8.12. The highest BCUT2D eigenvalue weighted by molar-refractivity contribution is 9.10. The number of allylic oxidation sites excluding steroid dienone is 1. The zero-order valence-electron chi connectivity index (χ0n) is 9.93. The summed E-state index contributed by atoms with van der Waals surface area (Å²) in [6.45, 7) is 4.00. The summed E-state index contributed by atoms with van der Waals surface area (Å²) in [6, 6.07) is 5.15. The SMILES string of the molecule is CC.CO.Fc1cc(Br)ccc1C=C1CC1. The average Bonchev–Trinajstić information content (AvgIpc) is 3.12. The lowest BCUT2D eigenvalue weighted by molar-refractivity contribution is 0.399. The van der Waals surface area contributed by atoms with Gasteiger partial charge in [0.25, 0.3) is 0 Å². The van der Waals surface area contributed by atoms with E-state index in [0.717, 1.165) is 24.4 Å². The van der Waals surface area contributed by atoms with Crippen molar-refractivity contribution < 1.29 is 9.50 Å². The molecular formula is C13H18BrFO. The van der Waals surface area contributed by atoms with Gasteiger partial charge in [0.1, 0.15) is 5.82 Å². The van der Waals surface area contributed by atoms with Gasteiger partial charge < -0.3 is 5.11 Å². The minimum atomic E-state index is -0.149. The topological polar surface area (TPSA) is 20.2 Å². The summed E-state index contributed by atoms with van der Waals surface area (Å²) in [7, 11) is 1.00. The molecule has 3 heteroatoms. The van der Waals surface area contributed by atoms with Crippen molar-refractivity contribution in [1.29, 1.82) is 0 Å². The molecule has 0 saturated heterocycles. The highest BCUT2D eigenvalue weighted by atomic mass is 79.9. The monoisotopic (exact) mass is 288 g/mol. The van der Waals surface area contributed by atoms with Crippen LogP contribution in [0, 0.1) is 5.82 Å². The van der Waals surface area contributed by atoms with Gasteiger partial charge in [-0.3, -0.25) is 0 Å². The van der Waals surface area contributed by atoms with E-state index in [4.69, 9.17) is 5.11 Å². The minimum absolute atomic E-state index is 0.149. The van der Waals surface area contributed by atoms with E-state index in [-0.39, 0.29) is 5.82 Å². The van der Waals surface area contributed by atoms with Gasteiger partial charge in [0.05, 0.1) is 0 Å². The van der Waals surface area contributed by atoms with E-state index in [0.29, 0.717) is 5.56 Å². The first-order valence-corrected chi connectivity index (χ1v) is 6.14. The zero-order chi connectivity index (χ0) is 12.6. The highest BCUT2D eigenvalue weighted by Gasteiger charge is 2.11. The Morgan fingerprint density at radius 3 is 2.25 bits per heavy atom. The molecule has 0 unspecified atom stereocenters. The van der Waals surface area contributed by atoms with Crippen LogP contribution in [0.1, 0.15) is 32.3 Å². The number of hydrogen-bond acceptors (Lipinski definition) is 1. The molecule has 0 amide bonds. The van der Waals surface area contributed by atoms with Crippen molar-refractivity contribution in [2.45, 2.75) is 26.7 Å². The highest BCUT2D eigenvalue weighted by Crippen LogP contribution is 2.31. The van der Waals surface area contributed by atoms with Crippen LogP contribution in [0.25, 0.3) is 6.08 Å². The second-order valence-corrected chi connectivity index (χ2v) is 3.88. The standard InChI is InChI=1S/C10H8BrF.C2H6.CH4O/c11-9-4-3-8(10(12)6-9)5-7-1-2-7;2*1-2/h3-6H,1-2H2;1-2H3;2H,1H3. The number of aliphatic hydroxyl groups is 1. The Bertz CT molecular complexity index is 342. The molecule has 16 heavy (non-hydrogen) atoms. The van der Waals surface area contributed by atoms with Crippen molar-refractivity contribution in [2.75, 3.05) is 7.11 Å². The molecule has 1 saturated carbocycles. The molecule has 0 bridgehead atoms. The third kappa shape index (κ3) is 5.42. The number of benzene rings is 1. The van der Waals surface area contributed by atoms with E-state index in [2.05, 4.69) is 15.9 Å². The number of halogens is 2. The van der Waals surface area contributed by atoms with Gasteiger partial charge in [-0.15, -0.1) is 0 Å². The molecule has 1 aliphatic carbocycles. The normalized spacial score (nSPS) is 11.8. The van der Waals surface area contributed by atoms with E-state index in [1.807, 2.05) is 26.0 Å². The van der Waals surface area contributed by atoms with Gasteiger partial charge in [-0.2, -0.15) is 0 Å². The summed E-state index contributed by atoms with van der Waals surface area (Å²) in [4.78, 5) is 0. The van der Waals surface area contributed by atoms with Crippen LogP contribution in [-0.4, -0.2) is 12.2 Å². The molecule has 1 fully saturated rings. The van der Waals surface area contributed by atoms with Gasteiger partial charge in [-0.05, 0) is 25.0 Å². The van der Waals surface area contributed by atoms with Gasteiger partial charge in [0, 0.05) is 17.1 Å². The maximum absolute atomic E-state index is 13.2. The lowest BCUT2D eigenvalue weighted by atomic mass is 10.2. The third-order valence-corrected chi connectivity index (χ3v) is 2.35. The molecule has 1 aromatic rings. The van der Waals surface area contributed by atoms with Crippen LogP contribution < -0.4 is 0 Å². The first-order valence-electron chi connectivity index (χ1n) is 5.35. The Labute approximate surface area is 105 Å². The summed E-state index contributed by atoms with van der Waals surface area (Å²) in [5.74, 6) is -0.149. The second-order valence-electron chi connectivity index (χ2n) is 2.97. The minimum Gasteiger partial charge on any atom is -0.400 e. The molecule has 0 radical (unpaired) electrons. The van der Waals surface area contributed by atoms with Crippen molar-refractivity contribution in [2.24, 2.45) is 0 Å². The summed E-state index contributed by atoms with van der Waals surface area (Å²) < 4.78 is 14.0. The van der Waals surface area contributed by atoms with E-state index in [9.17, 15) is 4.39 Å². The largest absolute Gasteiger partial charge is 0.400 e. The van der Waals surface area contributed by atoms with Crippen molar-refractivity contribution in [1.82, 2.24) is 0 Å². The molecule has 0 atom stereocenters. The maximum Gasteiger partial charge on any atom is 0.131 e. The van der Waals surface area contributed by atoms with Crippen molar-refractivity contribution >= 4 is 22.0 Å². The number of aliphatic hydroxyl groups excluding tert-OH is 1. The van der Waals surface area contributed by atoms with Crippen LogP contribution in [0.15, 0.2) is 28.2 Å². The number of hydrogen-bond donors (Lipinski definition) is 1. The Morgan fingerprint density at radius 2 is 1.81 bits per heavy atom. The molecule has 1 nitrogen and oxygen atoms in total. The van der Waals surface area contributed by atoms with Crippen molar-refractivity contribution in [3.8, 4) is 0 Å². The Balaban J connectivity index is 0.000000509. The molecule has 0 aromatic heterocycles. The van der Waals surface area contributed by atoms with Crippen LogP contribution >= 0.6 is 15.9 Å².